The van der Waals surface area contributed by atoms with Gasteiger partial charge in [0, 0.05) is 12.6 Å². The molecule has 0 bridgehead atoms. The standard InChI is InChI=1S/C11H12N4O2/c1-15-6-9(13-14-15)7-17-10-4-2-3-8(5-10)11(12)16/h2-6H,7H2,1H3,(H2,12,16). The van der Waals surface area contributed by atoms with Crippen molar-refractivity contribution in [2.75, 3.05) is 0 Å². The van der Waals surface area contributed by atoms with Crippen LogP contribution in [-0.4, -0.2) is 20.9 Å². The average molecular weight is 232 g/mol. The van der Waals surface area contributed by atoms with Gasteiger partial charge in [-0.25, -0.2) is 0 Å². The van der Waals surface area contributed by atoms with E-state index in [1.807, 2.05) is 0 Å². The van der Waals surface area contributed by atoms with E-state index in [-0.39, 0.29) is 0 Å². The third-order valence-electron chi connectivity index (χ3n) is 2.16. The van der Waals surface area contributed by atoms with Crippen LogP contribution in [0.3, 0.4) is 0 Å². The minimum atomic E-state index is -0.477. The van der Waals surface area contributed by atoms with Crippen LogP contribution in [0.1, 0.15) is 16.1 Å². The summed E-state index contributed by atoms with van der Waals surface area (Å²) >= 11 is 0. The van der Waals surface area contributed by atoms with E-state index in [0.29, 0.717) is 17.9 Å². The number of amides is 1. The molecule has 0 aliphatic rings. The minimum absolute atomic E-state index is 0.302. The van der Waals surface area contributed by atoms with Gasteiger partial charge in [-0.15, -0.1) is 5.10 Å². The molecule has 1 heterocycles. The quantitative estimate of drug-likeness (QED) is 0.831. The van der Waals surface area contributed by atoms with E-state index in [1.165, 1.54) is 0 Å². The van der Waals surface area contributed by atoms with E-state index in [1.54, 1.807) is 42.2 Å². The zero-order valence-electron chi connectivity index (χ0n) is 9.33. The van der Waals surface area contributed by atoms with Crippen molar-refractivity contribution in [1.82, 2.24) is 15.0 Å². The second-order valence-electron chi connectivity index (χ2n) is 3.56. The molecule has 0 spiro atoms. The molecule has 0 unspecified atom stereocenters. The Labute approximate surface area is 98.0 Å². The third-order valence-corrected chi connectivity index (χ3v) is 2.16. The first-order chi connectivity index (χ1) is 8.15. The van der Waals surface area contributed by atoms with Gasteiger partial charge >= 0.3 is 0 Å². The van der Waals surface area contributed by atoms with Gasteiger partial charge in [-0.05, 0) is 18.2 Å². The summed E-state index contributed by atoms with van der Waals surface area (Å²) in [4.78, 5) is 11.0. The van der Waals surface area contributed by atoms with Crippen LogP contribution >= 0.6 is 0 Å². The van der Waals surface area contributed by atoms with Crippen molar-refractivity contribution in [3.8, 4) is 5.75 Å². The van der Waals surface area contributed by atoms with Crippen LogP contribution in [0, 0.1) is 0 Å². The number of hydrogen-bond acceptors (Lipinski definition) is 4. The molecule has 6 heteroatoms. The Hall–Kier alpha value is -2.37. The van der Waals surface area contributed by atoms with E-state index in [0.717, 1.165) is 5.69 Å². The van der Waals surface area contributed by atoms with E-state index in [9.17, 15) is 4.79 Å². The van der Waals surface area contributed by atoms with Crippen LogP contribution in [0.15, 0.2) is 30.5 Å². The maximum atomic E-state index is 11.0. The number of carbonyl (C=O) groups excluding carboxylic acids is 1. The molecule has 2 rings (SSSR count). The Morgan fingerprint density at radius 3 is 3.00 bits per heavy atom. The first-order valence-corrected chi connectivity index (χ1v) is 5.03. The highest BCUT2D eigenvalue weighted by molar-refractivity contribution is 5.93. The Balaban J connectivity index is 2.04. The monoisotopic (exact) mass is 232 g/mol. The number of nitrogens with two attached hydrogens (primary N) is 1. The lowest BCUT2D eigenvalue weighted by Gasteiger charge is -2.04. The average Bonchev–Trinajstić information content (AvgIpc) is 2.73. The van der Waals surface area contributed by atoms with Crippen LogP contribution in [0.4, 0.5) is 0 Å². The molecule has 1 aromatic carbocycles. The molecular formula is C11H12N4O2. The number of aryl methyl sites for hydroxylation is 1. The van der Waals surface area contributed by atoms with Crippen molar-refractivity contribution in [1.29, 1.82) is 0 Å². The summed E-state index contributed by atoms with van der Waals surface area (Å²) in [6.45, 7) is 0.302. The Bertz CT molecular complexity index is 536. The van der Waals surface area contributed by atoms with Gasteiger partial charge in [-0.1, -0.05) is 11.3 Å². The summed E-state index contributed by atoms with van der Waals surface area (Å²) in [5.74, 6) is 0.0990. The maximum Gasteiger partial charge on any atom is 0.248 e. The lowest BCUT2D eigenvalue weighted by Crippen LogP contribution is -2.10. The highest BCUT2D eigenvalue weighted by atomic mass is 16.5. The number of rotatable bonds is 4. The van der Waals surface area contributed by atoms with Gasteiger partial charge in [0.2, 0.25) is 5.91 Å². The number of nitrogens with zero attached hydrogens (tertiary/aromatic N) is 3. The van der Waals surface area contributed by atoms with Crippen molar-refractivity contribution in [2.24, 2.45) is 12.8 Å². The molecule has 1 amide bonds. The van der Waals surface area contributed by atoms with E-state index < -0.39 is 5.91 Å². The number of carbonyl (C=O) groups is 1. The predicted octanol–water partition coefficient (Wildman–Crippen LogP) is 0.493. The van der Waals surface area contributed by atoms with Crippen molar-refractivity contribution < 1.29 is 9.53 Å². The molecule has 0 saturated heterocycles. The second-order valence-corrected chi connectivity index (χ2v) is 3.56. The minimum Gasteiger partial charge on any atom is -0.487 e. The summed E-state index contributed by atoms with van der Waals surface area (Å²) in [7, 11) is 1.78. The normalized spacial score (nSPS) is 10.2. The van der Waals surface area contributed by atoms with Gasteiger partial charge in [-0.3, -0.25) is 9.48 Å². The number of primary amides is 1. The smallest absolute Gasteiger partial charge is 0.248 e. The van der Waals surface area contributed by atoms with Crippen molar-refractivity contribution in [3.63, 3.8) is 0 Å². The highest BCUT2D eigenvalue weighted by Gasteiger charge is 2.03. The maximum absolute atomic E-state index is 11.0. The summed E-state index contributed by atoms with van der Waals surface area (Å²) in [6.07, 6.45) is 1.76. The molecule has 0 aliphatic heterocycles. The SMILES string of the molecule is Cn1cc(COc2cccc(C(N)=O)c2)nn1. The van der Waals surface area contributed by atoms with Crippen LogP contribution in [0.2, 0.25) is 0 Å². The Morgan fingerprint density at radius 2 is 2.35 bits per heavy atom. The molecule has 0 radical (unpaired) electrons. The molecule has 2 aromatic rings. The molecule has 0 fully saturated rings. The summed E-state index contributed by atoms with van der Waals surface area (Å²) in [6, 6.07) is 6.70. The van der Waals surface area contributed by atoms with Crippen LogP contribution in [0.5, 0.6) is 5.75 Å². The fraction of sp³-hybridized carbons (Fsp3) is 0.182. The molecular weight excluding hydrogens is 220 g/mol. The summed E-state index contributed by atoms with van der Waals surface area (Å²) in [5, 5.41) is 7.67. The molecule has 6 nitrogen and oxygen atoms in total. The van der Waals surface area contributed by atoms with Gasteiger partial charge in [0.05, 0.1) is 6.20 Å². The molecule has 0 aliphatic carbocycles. The fourth-order valence-electron chi connectivity index (χ4n) is 1.36. The summed E-state index contributed by atoms with van der Waals surface area (Å²) in [5.41, 5.74) is 6.31. The van der Waals surface area contributed by atoms with Gasteiger partial charge < -0.3 is 10.5 Å². The van der Waals surface area contributed by atoms with E-state index in [2.05, 4.69) is 10.3 Å². The zero-order chi connectivity index (χ0) is 12.3. The highest BCUT2D eigenvalue weighted by Crippen LogP contribution is 2.14. The Morgan fingerprint density at radius 1 is 1.53 bits per heavy atom. The van der Waals surface area contributed by atoms with Crippen molar-refractivity contribution in [3.05, 3.63) is 41.7 Å². The first kappa shape index (κ1) is 11.1. The van der Waals surface area contributed by atoms with Gasteiger partial charge in [0.1, 0.15) is 18.1 Å². The lowest BCUT2D eigenvalue weighted by molar-refractivity contribution is 0.1000. The topological polar surface area (TPSA) is 83.0 Å². The van der Waals surface area contributed by atoms with Gasteiger partial charge in [0.15, 0.2) is 0 Å². The number of hydrogen-bond donors (Lipinski definition) is 1. The zero-order valence-corrected chi connectivity index (χ0v) is 9.33. The second kappa shape index (κ2) is 4.65. The van der Waals surface area contributed by atoms with E-state index >= 15 is 0 Å². The molecule has 1 aromatic heterocycles. The number of ether oxygens (including phenoxy) is 1. The molecule has 0 atom stereocenters. The Kier molecular flexibility index (Phi) is 3.04. The van der Waals surface area contributed by atoms with Crippen LogP contribution < -0.4 is 10.5 Å². The lowest BCUT2D eigenvalue weighted by atomic mass is 10.2. The number of aromatic nitrogens is 3. The molecule has 17 heavy (non-hydrogen) atoms. The van der Waals surface area contributed by atoms with Crippen LogP contribution in [-0.2, 0) is 13.7 Å². The van der Waals surface area contributed by atoms with Crippen molar-refractivity contribution in [2.45, 2.75) is 6.61 Å². The predicted molar refractivity (Wildman–Crippen MR) is 60.3 cm³/mol. The van der Waals surface area contributed by atoms with Gasteiger partial charge in [-0.2, -0.15) is 0 Å². The van der Waals surface area contributed by atoms with Crippen molar-refractivity contribution >= 4 is 5.91 Å². The third kappa shape index (κ3) is 2.81. The van der Waals surface area contributed by atoms with Gasteiger partial charge in [0.25, 0.3) is 0 Å². The largest absolute Gasteiger partial charge is 0.487 e. The first-order valence-electron chi connectivity index (χ1n) is 5.03. The molecule has 88 valence electrons. The molecule has 0 saturated carbocycles. The van der Waals surface area contributed by atoms with Crippen LogP contribution in [0.25, 0.3) is 0 Å². The van der Waals surface area contributed by atoms with E-state index in [4.69, 9.17) is 10.5 Å². The molecule has 2 N–H and O–H groups in total. The fourth-order valence-corrected chi connectivity index (χ4v) is 1.36. The summed E-state index contributed by atoms with van der Waals surface area (Å²) < 4.78 is 7.07. The number of benzene rings is 1.